The van der Waals surface area contributed by atoms with E-state index in [2.05, 4.69) is 6.92 Å². The number of nitro groups is 1. The van der Waals surface area contributed by atoms with Crippen molar-refractivity contribution < 1.29 is 9.66 Å². The summed E-state index contributed by atoms with van der Waals surface area (Å²) in [6.45, 7) is 2.58. The molecule has 0 saturated carbocycles. The molecule has 0 heterocycles. The minimum Gasteiger partial charge on any atom is -0.487 e. The van der Waals surface area contributed by atoms with Gasteiger partial charge in [0.25, 0.3) is 0 Å². The van der Waals surface area contributed by atoms with E-state index in [4.69, 9.17) is 16.3 Å². The first-order valence-electron chi connectivity index (χ1n) is 5.72. The van der Waals surface area contributed by atoms with Crippen molar-refractivity contribution in [1.82, 2.24) is 0 Å². The fourth-order valence-corrected chi connectivity index (χ4v) is 2.17. The molecule has 0 aliphatic rings. The van der Waals surface area contributed by atoms with Crippen LogP contribution in [0.25, 0.3) is 0 Å². The van der Waals surface area contributed by atoms with E-state index in [-0.39, 0.29) is 5.69 Å². The normalized spacial score (nSPS) is 10.3. The van der Waals surface area contributed by atoms with E-state index >= 15 is 0 Å². The lowest BCUT2D eigenvalue weighted by Crippen LogP contribution is -2.02. The van der Waals surface area contributed by atoms with E-state index in [9.17, 15) is 10.1 Å². The molecular weight excluding hydrogens is 274 g/mol. The van der Waals surface area contributed by atoms with Gasteiger partial charge in [-0.15, -0.1) is 11.6 Å². The summed E-state index contributed by atoms with van der Waals surface area (Å²) in [4.78, 5) is 10.4. The van der Waals surface area contributed by atoms with Gasteiger partial charge >= 0.3 is 5.69 Å². The van der Waals surface area contributed by atoms with Gasteiger partial charge in [0, 0.05) is 11.9 Å². The van der Waals surface area contributed by atoms with Crippen molar-refractivity contribution in [3.05, 3.63) is 33.9 Å². The lowest BCUT2D eigenvalue weighted by molar-refractivity contribution is -0.385. The lowest BCUT2D eigenvalue weighted by Gasteiger charge is -2.07. The third-order valence-corrected chi connectivity index (χ3v) is 3.56. The summed E-state index contributed by atoms with van der Waals surface area (Å²) in [5.74, 6) is 2.70. The molecule has 0 radical (unpaired) electrons. The molecule has 0 fully saturated rings. The SMILES string of the molecule is CCSCCCOc1cc(CCl)ccc1[N+](=O)[O-]. The van der Waals surface area contributed by atoms with Crippen LogP contribution in [-0.4, -0.2) is 23.0 Å². The molecule has 18 heavy (non-hydrogen) atoms. The summed E-state index contributed by atoms with van der Waals surface area (Å²) in [6.07, 6.45) is 0.876. The van der Waals surface area contributed by atoms with Gasteiger partial charge in [0.1, 0.15) is 0 Å². The Morgan fingerprint density at radius 1 is 1.50 bits per heavy atom. The van der Waals surface area contributed by atoms with Crippen LogP contribution in [0, 0.1) is 10.1 Å². The van der Waals surface area contributed by atoms with Gasteiger partial charge in [-0.05, 0) is 29.6 Å². The Balaban J connectivity index is 2.63. The fourth-order valence-electron chi connectivity index (χ4n) is 1.40. The molecule has 0 bridgehead atoms. The topological polar surface area (TPSA) is 52.4 Å². The van der Waals surface area contributed by atoms with Crippen LogP contribution in [-0.2, 0) is 5.88 Å². The molecule has 1 aromatic carbocycles. The smallest absolute Gasteiger partial charge is 0.310 e. The first-order valence-corrected chi connectivity index (χ1v) is 7.41. The van der Waals surface area contributed by atoms with E-state index < -0.39 is 4.92 Å². The molecule has 0 spiro atoms. The number of thioether (sulfide) groups is 1. The van der Waals surface area contributed by atoms with Gasteiger partial charge in [-0.1, -0.05) is 13.0 Å². The maximum Gasteiger partial charge on any atom is 0.310 e. The third kappa shape index (κ3) is 4.74. The van der Waals surface area contributed by atoms with Crippen LogP contribution in [0.3, 0.4) is 0 Å². The second kappa shape index (κ2) is 8.21. The van der Waals surface area contributed by atoms with Crippen LogP contribution in [0.5, 0.6) is 5.75 Å². The van der Waals surface area contributed by atoms with E-state index in [1.165, 1.54) is 6.07 Å². The quantitative estimate of drug-likeness (QED) is 0.316. The Morgan fingerprint density at radius 3 is 2.89 bits per heavy atom. The average molecular weight is 290 g/mol. The highest BCUT2D eigenvalue weighted by Gasteiger charge is 2.15. The Labute approximate surface area is 116 Å². The monoisotopic (exact) mass is 289 g/mol. The average Bonchev–Trinajstić information content (AvgIpc) is 2.38. The zero-order chi connectivity index (χ0) is 13.4. The van der Waals surface area contributed by atoms with Crippen molar-refractivity contribution in [3.8, 4) is 5.75 Å². The van der Waals surface area contributed by atoms with Crippen molar-refractivity contribution in [2.24, 2.45) is 0 Å². The maximum absolute atomic E-state index is 10.8. The minimum absolute atomic E-state index is 0.00740. The number of halogens is 1. The molecule has 100 valence electrons. The summed E-state index contributed by atoms with van der Waals surface area (Å²) in [5, 5.41) is 10.8. The third-order valence-electron chi connectivity index (χ3n) is 2.27. The fraction of sp³-hybridized carbons (Fsp3) is 0.500. The minimum atomic E-state index is -0.436. The standard InChI is InChI=1S/C12H16ClNO3S/c1-2-18-7-3-6-17-12-8-10(9-13)4-5-11(12)14(15)16/h4-5,8H,2-3,6-7,9H2,1H3. The highest BCUT2D eigenvalue weighted by atomic mass is 35.5. The van der Waals surface area contributed by atoms with Crippen LogP contribution in [0.2, 0.25) is 0 Å². The van der Waals surface area contributed by atoms with E-state index in [1.807, 2.05) is 11.8 Å². The first-order chi connectivity index (χ1) is 8.69. The molecule has 0 atom stereocenters. The predicted molar refractivity (Wildman–Crippen MR) is 75.8 cm³/mol. The molecule has 0 amide bonds. The summed E-state index contributed by atoms with van der Waals surface area (Å²) in [7, 11) is 0. The van der Waals surface area contributed by atoms with Crippen molar-refractivity contribution in [2.75, 3.05) is 18.1 Å². The van der Waals surface area contributed by atoms with E-state index in [0.29, 0.717) is 18.2 Å². The van der Waals surface area contributed by atoms with Crippen LogP contribution in [0.4, 0.5) is 5.69 Å². The van der Waals surface area contributed by atoms with Gasteiger partial charge in [0.05, 0.1) is 11.5 Å². The maximum atomic E-state index is 10.8. The highest BCUT2D eigenvalue weighted by Crippen LogP contribution is 2.28. The van der Waals surface area contributed by atoms with E-state index in [0.717, 1.165) is 23.5 Å². The second-order valence-electron chi connectivity index (χ2n) is 3.59. The number of rotatable bonds is 8. The number of hydrogen-bond acceptors (Lipinski definition) is 4. The number of hydrogen-bond donors (Lipinski definition) is 0. The van der Waals surface area contributed by atoms with Gasteiger partial charge in [-0.2, -0.15) is 11.8 Å². The molecule has 0 saturated heterocycles. The number of nitro benzene ring substituents is 1. The molecule has 0 unspecified atom stereocenters. The molecule has 1 aromatic rings. The van der Waals surface area contributed by atoms with Gasteiger partial charge in [-0.25, -0.2) is 0 Å². The number of alkyl halides is 1. The van der Waals surface area contributed by atoms with Crippen LogP contribution in [0.1, 0.15) is 18.9 Å². The lowest BCUT2D eigenvalue weighted by atomic mass is 10.2. The Bertz CT molecular complexity index is 401. The molecular formula is C12H16ClNO3S. The summed E-state index contributed by atoms with van der Waals surface area (Å²) < 4.78 is 5.47. The van der Waals surface area contributed by atoms with Gasteiger partial charge < -0.3 is 4.74 Å². The van der Waals surface area contributed by atoms with Gasteiger partial charge in [0.2, 0.25) is 0 Å². The summed E-state index contributed by atoms with van der Waals surface area (Å²) in [6, 6.07) is 4.72. The first kappa shape index (κ1) is 15.1. The molecule has 4 nitrogen and oxygen atoms in total. The Hall–Kier alpha value is -0.940. The summed E-state index contributed by atoms with van der Waals surface area (Å²) >= 11 is 7.53. The molecule has 6 heteroatoms. The van der Waals surface area contributed by atoms with Crippen LogP contribution >= 0.6 is 23.4 Å². The van der Waals surface area contributed by atoms with Gasteiger partial charge in [0.15, 0.2) is 5.75 Å². The van der Waals surface area contributed by atoms with Gasteiger partial charge in [-0.3, -0.25) is 10.1 Å². The predicted octanol–water partition coefficient (Wildman–Crippen LogP) is 3.86. The Morgan fingerprint density at radius 2 is 2.28 bits per heavy atom. The van der Waals surface area contributed by atoms with Crippen molar-refractivity contribution in [1.29, 1.82) is 0 Å². The number of nitrogens with zero attached hydrogens (tertiary/aromatic N) is 1. The number of ether oxygens (including phenoxy) is 1. The van der Waals surface area contributed by atoms with Crippen molar-refractivity contribution >= 4 is 29.1 Å². The molecule has 1 rings (SSSR count). The van der Waals surface area contributed by atoms with Crippen molar-refractivity contribution in [2.45, 2.75) is 19.2 Å². The Kier molecular flexibility index (Phi) is 6.90. The summed E-state index contributed by atoms with van der Waals surface area (Å²) in [5.41, 5.74) is 0.812. The van der Waals surface area contributed by atoms with Crippen LogP contribution in [0.15, 0.2) is 18.2 Å². The van der Waals surface area contributed by atoms with Crippen molar-refractivity contribution in [3.63, 3.8) is 0 Å². The number of benzene rings is 1. The zero-order valence-corrected chi connectivity index (χ0v) is 11.8. The van der Waals surface area contributed by atoms with Crippen LogP contribution < -0.4 is 4.74 Å². The highest BCUT2D eigenvalue weighted by molar-refractivity contribution is 7.99. The second-order valence-corrected chi connectivity index (χ2v) is 5.25. The molecule has 0 aromatic heterocycles. The molecule has 0 aliphatic heterocycles. The van der Waals surface area contributed by atoms with E-state index in [1.54, 1.807) is 12.1 Å². The molecule has 0 aliphatic carbocycles. The largest absolute Gasteiger partial charge is 0.487 e. The zero-order valence-electron chi connectivity index (χ0n) is 10.2. The molecule has 0 N–H and O–H groups in total.